The SMILES string of the molecule is C=CCNC(N)=NCCCS(=O)(=O)Cc1ccccc1.I. The minimum absolute atomic E-state index is 0. The van der Waals surface area contributed by atoms with Crippen molar-refractivity contribution in [2.24, 2.45) is 10.7 Å². The average Bonchev–Trinajstić information content (AvgIpc) is 2.42. The van der Waals surface area contributed by atoms with E-state index in [1.54, 1.807) is 6.08 Å². The predicted octanol–water partition coefficient (Wildman–Crippen LogP) is 1.70. The van der Waals surface area contributed by atoms with Crippen LogP contribution in [0, 0.1) is 0 Å². The van der Waals surface area contributed by atoms with Gasteiger partial charge < -0.3 is 11.1 Å². The molecule has 0 saturated carbocycles. The second-order valence-corrected chi connectivity index (χ2v) is 6.55. The fourth-order valence-corrected chi connectivity index (χ4v) is 3.03. The first-order valence-corrected chi connectivity index (χ1v) is 8.24. The molecule has 0 aliphatic heterocycles. The van der Waals surface area contributed by atoms with Crippen LogP contribution in [0.4, 0.5) is 0 Å². The topological polar surface area (TPSA) is 84.5 Å². The number of hydrogen-bond donors (Lipinski definition) is 2. The molecule has 0 amide bonds. The molecular formula is C14H22IN3O2S. The molecule has 3 N–H and O–H groups in total. The van der Waals surface area contributed by atoms with Gasteiger partial charge in [0.1, 0.15) is 0 Å². The van der Waals surface area contributed by atoms with Gasteiger partial charge in [-0.1, -0.05) is 36.4 Å². The number of nitrogens with one attached hydrogen (secondary N) is 1. The molecule has 21 heavy (non-hydrogen) atoms. The van der Waals surface area contributed by atoms with E-state index in [0.717, 1.165) is 5.56 Å². The van der Waals surface area contributed by atoms with Gasteiger partial charge in [-0.3, -0.25) is 4.99 Å². The van der Waals surface area contributed by atoms with E-state index < -0.39 is 9.84 Å². The van der Waals surface area contributed by atoms with E-state index >= 15 is 0 Å². The van der Waals surface area contributed by atoms with Crippen molar-refractivity contribution in [2.45, 2.75) is 12.2 Å². The predicted molar refractivity (Wildman–Crippen MR) is 98.7 cm³/mol. The summed E-state index contributed by atoms with van der Waals surface area (Å²) in [6, 6.07) is 9.16. The number of guanidine groups is 1. The van der Waals surface area contributed by atoms with Gasteiger partial charge in [-0.25, -0.2) is 8.42 Å². The van der Waals surface area contributed by atoms with Crippen LogP contribution in [0.2, 0.25) is 0 Å². The minimum atomic E-state index is -3.10. The summed E-state index contributed by atoms with van der Waals surface area (Å²) in [5.41, 5.74) is 6.38. The summed E-state index contributed by atoms with van der Waals surface area (Å²) in [5, 5.41) is 2.83. The molecule has 0 unspecified atom stereocenters. The van der Waals surface area contributed by atoms with E-state index in [0.29, 0.717) is 25.5 Å². The van der Waals surface area contributed by atoms with E-state index in [4.69, 9.17) is 5.73 Å². The lowest BCUT2D eigenvalue weighted by molar-refractivity contribution is 0.593. The third-order valence-electron chi connectivity index (χ3n) is 2.55. The van der Waals surface area contributed by atoms with Gasteiger partial charge in [0.2, 0.25) is 0 Å². The Bertz CT molecular complexity index is 545. The highest BCUT2D eigenvalue weighted by Crippen LogP contribution is 2.07. The fourth-order valence-electron chi connectivity index (χ4n) is 1.62. The molecular weight excluding hydrogens is 401 g/mol. The van der Waals surface area contributed by atoms with Crippen LogP contribution < -0.4 is 11.1 Å². The first-order chi connectivity index (χ1) is 9.53. The Balaban J connectivity index is 0.00000400. The maximum Gasteiger partial charge on any atom is 0.188 e. The summed E-state index contributed by atoms with van der Waals surface area (Å²) in [7, 11) is -3.10. The van der Waals surface area contributed by atoms with Gasteiger partial charge in [0, 0.05) is 13.1 Å². The van der Waals surface area contributed by atoms with Gasteiger partial charge in [-0.2, -0.15) is 0 Å². The molecule has 1 aromatic rings. The first kappa shape index (κ1) is 19.9. The van der Waals surface area contributed by atoms with Crippen molar-refractivity contribution in [2.75, 3.05) is 18.8 Å². The summed E-state index contributed by atoms with van der Waals surface area (Å²) in [4.78, 5) is 4.04. The Labute approximate surface area is 143 Å². The number of nitrogens with zero attached hydrogens (tertiary/aromatic N) is 1. The van der Waals surface area contributed by atoms with Gasteiger partial charge in [-0.05, 0) is 12.0 Å². The summed E-state index contributed by atoms with van der Waals surface area (Å²) < 4.78 is 23.8. The van der Waals surface area contributed by atoms with E-state index in [2.05, 4.69) is 16.9 Å². The van der Waals surface area contributed by atoms with Crippen LogP contribution in [0.3, 0.4) is 0 Å². The lowest BCUT2D eigenvalue weighted by Gasteiger charge is -2.04. The van der Waals surface area contributed by atoms with E-state index in [-0.39, 0.29) is 35.5 Å². The first-order valence-electron chi connectivity index (χ1n) is 6.42. The minimum Gasteiger partial charge on any atom is -0.370 e. The lowest BCUT2D eigenvalue weighted by atomic mass is 10.2. The maximum atomic E-state index is 11.9. The molecule has 1 rings (SSSR count). The standard InChI is InChI=1S/C14H21N3O2S.HI/c1-2-9-16-14(15)17-10-6-11-20(18,19)12-13-7-4-3-5-8-13;/h2-5,7-8H,1,6,9-12H2,(H3,15,16,17);1H. The highest BCUT2D eigenvalue weighted by atomic mass is 127. The zero-order valence-corrected chi connectivity index (χ0v) is 15.0. The number of hydrogen-bond acceptors (Lipinski definition) is 3. The number of rotatable bonds is 8. The molecule has 0 spiro atoms. The Kier molecular flexibility index (Phi) is 10.1. The molecule has 0 atom stereocenters. The Morgan fingerprint density at radius 3 is 2.62 bits per heavy atom. The second-order valence-electron chi connectivity index (χ2n) is 4.37. The lowest BCUT2D eigenvalue weighted by Crippen LogP contribution is -2.31. The molecule has 0 aromatic heterocycles. The van der Waals surface area contributed by atoms with Crippen LogP contribution >= 0.6 is 24.0 Å². The van der Waals surface area contributed by atoms with E-state index in [1.165, 1.54) is 0 Å². The summed E-state index contributed by atoms with van der Waals surface area (Å²) in [6.45, 7) is 4.49. The Morgan fingerprint density at radius 1 is 1.33 bits per heavy atom. The molecule has 0 heterocycles. The quantitative estimate of drug-likeness (QED) is 0.219. The largest absolute Gasteiger partial charge is 0.370 e. The van der Waals surface area contributed by atoms with E-state index in [1.807, 2.05) is 30.3 Å². The molecule has 0 bridgehead atoms. The van der Waals surface area contributed by atoms with Crippen molar-refractivity contribution >= 4 is 39.8 Å². The molecule has 0 saturated heterocycles. The van der Waals surface area contributed by atoms with Crippen molar-refractivity contribution in [1.82, 2.24) is 5.32 Å². The fraction of sp³-hybridized carbons (Fsp3) is 0.357. The third-order valence-corrected chi connectivity index (χ3v) is 4.24. The maximum absolute atomic E-state index is 11.9. The number of halogens is 1. The summed E-state index contributed by atoms with van der Waals surface area (Å²) >= 11 is 0. The van der Waals surface area contributed by atoms with Gasteiger partial charge in [0.25, 0.3) is 0 Å². The summed E-state index contributed by atoms with van der Waals surface area (Å²) in [6.07, 6.45) is 2.14. The number of sulfone groups is 1. The van der Waals surface area contributed by atoms with Crippen LogP contribution in [0.25, 0.3) is 0 Å². The van der Waals surface area contributed by atoms with E-state index in [9.17, 15) is 8.42 Å². The van der Waals surface area contributed by atoms with Gasteiger partial charge in [0.05, 0.1) is 11.5 Å². The Hall–Kier alpha value is -1.09. The van der Waals surface area contributed by atoms with Crippen molar-refractivity contribution < 1.29 is 8.42 Å². The number of aliphatic imine (C=N–C) groups is 1. The highest BCUT2D eigenvalue weighted by molar-refractivity contribution is 14.0. The monoisotopic (exact) mass is 423 g/mol. The van der Waals surface area contributed by atoms with Crippen molar-refractivity contribution in [3.63, 3.8) is 0 Å². The molecule has 0 fully saturated rings. The van der Waals surface area contributed by atoms with Gasteiger partial charge in [0.15, 0.2) is 15.8 Å². The zero-order valence-electron chi connectivity index (χ0n) is 11.9. The number of benzene rings is 1. The highest BCUT2D eigenvalue weighted by Gasteiger charge is 2.11. The zero-order chi connectivity index (χ0) is 14.8. The third kappa shape index (κ3) is 9.46. The molecule has 118 valence electrons. The van der Waals surface area contributed by atoms with Crippen LogP contribution in [-0.2, 0) is 15.6 Å². The Morgan fingerprint density at radius 2 is 2.00 bits per heavy atom. The summed E-state index contributed by atoms with van der Waals surface area (Å²) in [5.74, 6) is 0.493. The molecule has 1 aromatic carbocycles. The molecule has 0 aliphatic carbocycles. The second kappa shape index (κ2) is 10.6. The van der Waals surface area contributed by atoms with Crippen LogP contribution in [0.1, 0.15) is 12.0 Å². The molecule has 5 nitrogen and oxygen atoms in total. The van der Waals surface area contributed by atoms with Crippen LogP contribution in [-0.4, -0.2) is 33.2 Å². The van der Waals surface area contributed by atoms with Crippen molar-refractivity contribution in [3.05, 3.63) is 48.6 Å². The van der Waals surface area contributed by atoms with Crippen LogP contribution in [0.15, 0.2) is 48.0 Å². The number of nitrogens with two attached hydrogens (primary N) is 1. The van der Waals surface area contributed by atoms with Gasteiger partial charge in [-0.15, -0.1) is 30.6 Å². The molecule has 0 aliphatic rings. The van der Waals surface area contributed by atoms with Crippen LogP contribution in [0.5, 0.6) is 0 Å². The van der Waals surface area contributed by atoms with Gasteiger partial charge >= 0.3 is 0 Å². The normalized spacial score (nSPS) is 11.5. The van der Waals surface area contributed by atoms with Crippen molar-refractivity contribution in [3.8, 4) is 0 Å². The molecule has 7 heteroatoms. The van der Waals surface area contributed by atoms with Crippen molar-refractivity contribution in [1.29, 1.82) is 0 Å². The average molecular weight is 423 g/mol. The smallest absolute Gasteiger partial charge is 0.188 e. The molecule has 0 radical (unpaired) electrons.